The molecule has 248 valence electrons. The van der Waals surface area contributed by atoms with Crippen LogP contribution in [-0.2, 0) is 12.8 Å². The zero-order valence-corrected chi connectivity index (χ0v) is 27.5. The summed E-state index contributed by atoms with van der Waals surface area (Å²) in [6.45, 7) is 3.55. The molecule has 0 unspecified atom stereocenters. The van der Waals surface area contributed by atoms with Crippen molar-refractivity contribution in [2.75, 3.05) is 42.0 Å². The summed E-state index contributed by atoms with van der Waals surface area (Å²) in [5.74, 6) is 0.231. The molecule has 2 bridgehead atoms. The molecule has 5 atom stereocenters. The second-order valence-electron chi connectivity index (χ2n) is 12.2. The Kier molecular flexibility index (Phi) is 8.32. The van der Waals surface area contributed by atoms with Gasteiger partial charge in [0.1, 0.15) is 23.4 Å². The maximum atomic E-state index is 14.6. The molecular weight excluding hydrogens is 607 g/mol. The number of piperazine rings is 1. The van der Waals surface area contributed by atoms with Gasteiger partial charge >= 0.3 is 0 Å². The molecule has 3 aromatic carbocycles. The molecule has 6 rings (SSSR count). The van der Waals surface area contributed by atoms with Crippen LogP contribution in [0.3, 0.4) is 0 Å². The fourth-order valence-electron chi connectivity index (χ4n) is 8.34. The van der Waals surface area contributed by atoms with Crippen LogP contribution in [0.4, 0.5) is 4.39 Å². The van der Waals surface area contributed by atoms with Gasteiger partial charge in [0.2, 0.25) is 0 Å². The maximum absolute atomic E-state index is 14.6. The van der Waals surface area contributed by atoms with E-state index in [0.717, 1.165) is 5.56 Å². The molecule has 47 heavy (non-hydrogen) atoms. The van der Waals surface area contributed by atoms with E-state index in [9.17, 15) is 24.7 Å². The number of nitrogens with one attached hydrogen (secondary N) is 1. The van der Waals surface area contributed by atoms with Crippen LogP contribution in [0.25, 0.3) is 0 Å². The first-order chi connectivity index (χ1) is 22.6. The summed E-state index contributed by atoms with van der Waals surface area (Å²) in [6.07, 6.45) is 0.713. The predicted molar refractivity (Wildman–Crippen MR) is 170 cm³/mol. The van der Waals surface area contributed by atoms with E-state index >= 15 is 0 Å². The molecule has 0 radical (unpaired) electrons. The lowest BCUT2D eigenvalue weighted by Gasteiger charge is -2.60. The quantitative estimate of drug-likeness (QED) is 0.344. The van der Waals surface area contributed by atoms with Crippen molar-refractivity contribution in [2.24, 2.45) is 0 Å². The van der Waals surface area contributed by atoms with E-state index in [1.54, 1.807) is 27.2 Å². The summed E-state index contributed by atoms with van der Waals surface area (Å²) in [6, 6.07) is 5.49. The Morgan fingerprint density at radius 2 is 1.45 bits per heavy atom. The number of phenolic OH excluding ortho intramolecular Hbond substituents is 2. The van der Waals surface area contributed by atoms with Crippen molar-refractivity contribution in [3.63, 3.8) is 0 Å². The van der Waals surface area contributed by atoms with Crippen LogP contribution in [0.2, 0.25) is 0 Å². The first-order valence-electron chi connectivity index (χ1n) is 15.4. The van der Waals surface area contributed by atoms with Crippen LogP contribution in [0, 0.1) is 31.0 Å². The van der Waals surface area contributed by atoms with E-state index in [-0.39, 0.29) is 35.4 Å². The van der Waals surface area contributed by atoms with Gasteiger partial charge in [-0.1, -0.05) is 12.1 Å². The molecule has 3 aliphatic heterocycles. The Balaban J connectivity index is 1.59. The average molecular weight is 647 g/mol. The number of hydrogen-bond acceptors (Lipinski definition) is 10. The smallest absolute Gasteiger partial charge is 0.254 e. The minimum Gasteiger partial charge on any atom is -0.504 e. The minimum absolute atomic E-state index is 0.00221. The second-order valence-corrected chi connectivity index (χ2v) is 12.2. The van der Waals surface area contributed by atoms with E-state index in [0.29, 0.717) is 57.9 Å². The number of carbonyl (C=O) groups is 1. The van der Waals surface area contributed by atoms with Crippen molar-refractivity contribution in [3.8, 4) is 40.6 Å². The Hall–Kier alpha value is -4.73. The Bertz CT molecular complexity index is 1810. The number of likely N-dealkylation sites (N-methyl/N-ethyl adjacent to an activating group) is 1. The zero-order chi connectivity index (χ0) is 33.9. The van der Waals surface area contributed by atoms with Crippen LogP contribution < -0.4 is 24.3 Å². The lowest BCUT2D eigenvalue weighted by atomic mass is 9.71. The summed E-state index contributed by atoms with van der Waals surface area (Å²) in [7, 11) is 8.01. The number of methoxy groups -OCH3 is 4. The molecule has 12 heteroatoms. The SMILES string of the molecule is COc1c(C)c(OC)c2c(c1O)[C@@H]1[C@@H]3Cc4c(OC)c(C)c(OC)c(O)c4[C@H](CNC(=O)c4ccccc4F)N3[C@@H](C#N)[C@H](C2)N1C. The molecular formula is C35H39FN4O7. The van der Waals surface area contributed by atoms with Crippen LogP contribution in [0.5, 0.6) is 34.5 Å². The number of fused-ring (bicyclic) bond motifs is 7. The number of aromatic hydroxyl groups is 2. The minimum atomic E-state index is -0.760. The fraction of sp³-hybridized carbons (Fsp3) is 0.429. The molecule has 1 amide bonds. The van der Waals surface area contributed by atoms with Crippen molar-refractivity contribution < 1.29 is 38.3 Å². The van der Waals surface area contributed by atoms with Crippen LogP contribution >= 0.6 is 0 Å². The van der Waals surface area contributed by atoms with Gasteiger partial charge in [0.05, 0.1) is 52.2 Å². The van der Waals surface area contributed by atoms with Gasteiger partial charge in [-0.3, -0.25) is 14.6 Å². The summed E-state index contributed by atoms with van der Waals surface area (Å²) in [5.41, 5.74) is 3.74. The molecule has 3 N–H and O–H groups in total. The number of benzene rings is 3. The lowest BCUT2D eigenvalue weighted by Crippen LogP contribution is -2.68. The highest BCUT2D eigenvalue weighted by Crippen LogP contribution is 2.58. The Labute approximate surface area is 273 Å². The largest absolute Gasteiger partial charge is 0.504 e. The number of amides is 1. The third-order valence-electron chi connectivity index (χ3n) is 10.2. The zero-order valence-electron chi connectivity index (χ0n) is 27.5. The number of phenols is 2. The summed E-state index contributed by atoms with van der Waals surface area (Å²) in [4.78, 5) is 17.5. The predicted octanol–water partition coefficient (Wildman–Crippen LogP) is 4.09. The van der Waals surface area contributed by atoms with Gasteiger partial charge in [0.15, 0.2) is 23.0 Å². The van der Waals surface area contributed by atoms with Crippen molar-refractivity contribution in [1.29, 1.82) is 5.26 Å². The fourth-order valence-corrected chi connectivity index (χ4v) is 8.34. The van der Waals surface area contributed by atoms with Crippen LogP contribution in [-0.4, -0.2) is 86.1 Å². The monoisotopic (exact) mass is 646 g/mol. The van der Waals surface area contributed by atoms with Gasteiger partial charge < -0.3 is 34.5 Å². The summed E-state index contributed by atoms with van der Waals surface area (Å²) in [5, 5.41) is 37.2. The number of ether oxygens (including phenoxy) is 4. The third kappa shape index (κ3) is 4.63. The van der Waals surface area contributed by atoms with Gasteiger partial charge in [-0.25, -0.2) is 4.39 Å². The lowest BCUT2D eigenvalue weighted by molar-refractivity contribution is -0.0724. The highest BCUT2D eigenvalue weighted by Gasteiger charge is 2.57. The van der Waals surface area contributed by atoms with E-state index in [1.807, 2.05) is 18.9 Å². The molecule has 3 aliphatic rings. The molecule has 0 aliphatic carbocycles. The van der Waals surface area contributed by atoms with E-state index in [1.165, 1.54) is 32.4 Å². The highest BCUT2D eigenvalue weighted by molar-refractivity contribution is 5.94. The first kappa shape index (κ1) is 32.2. The van der Waals surface area contributed by atoms with Crippen molar-refractivity contribution in [2.45, 2.75) is 56.9 Å². The van der Waals surface area contributed by atoms with E-state index < -0.39 is 35.9 Å². The summed E-state index contributed by atoms with van der Waals surface area (Å²) >= 11 is 0. The number of hydrogen-bond donors (Lipinski definition) is 3. The van der Waals surface area contributed by atoms with E-state index in [4.69, 9.17) is 18.9 Å². The molecule has 1 saturated heterocycles. The molecule has 1 fully saturated rings. The van der Waals surface area contributed by atoms with Crippen molar-refractivity contribution in [1.82, 2.24) is 15.1 Å². The number of halogens is 1. The molecule has 11 nitrogen and oxygen atoms in total. The van der Waals surface area contributed by atoms with Gasteiger partial charge in [-0.05, 0) is 45.9 Å². The number of carbonyl (C=O) groups excluding carboxylic acids is 1. The first-order valence-corrected chi connectivity index (χ1v) is 15.4. The second kappa shape index (κ2) is 12.1. The number of rotatable bonds is 7. The molecule has 3 aromatic rings. The van der Waals surface area contributed by atoms with Gasteiger partial charge in [0, 0.05) is 52.0 Å². The van der Waals surface area contributed by atoms with Gasteiger partial charge in [0.25, 0.3) is 5.91 Å². The summed E-state index contributed by atoms with van der Waals surface area (Å²) < 4.78 is 37.7. The third-order valence-corrected chi connectivity index (χ3v) is 10.2. The normalized spacial score (nSPS) is 23.1. The average Bonchev–Trinajstić information content (AvgIpc) is 3.05. The molecule has 0 spiro atoms. The van der Waals surface area contributed by atoms with Gasteiger partial charge in [-0.15, -0.1) is 0 Å². The van der Waals surface area contributed by atoms with E-state index in [2.05, 4.69) is 16.3 Å². The topological polar surface area (TPSA) is 137 Å². The van der Waals surface area contributed by atoms with Gasteiger partial charge in [-0.2, -0.15) is 5.26 Å². The number of nitriles is 1. The Morgan fingerprint density at radius 3 is 2.00 bits per heavy atom. The van der Waals surface area contributed by atoms with Crippen LogP contribution in [0.1, 0.15) is 55.8 Å². The molecule has 0 saturated carbocycles. The van der Waals surface area contributed by atoms with Crippen LogP contribution in [0.15, 0.2) is 24.3 Å². The standard InChI is InChI=1S/C35H39FN4O7/c1-16-31(44-4)19-13-23-28-27-20(32(45-5)17(2)34(47-7)30(27)42)12-22(39(28)3)24(14-37)40(23)25(26(19)29(41)33(16)46-6)15-38-35(43)18-10-8-9-11-21(18)36/h8-11,22-25,28,41-42H,12-13,15H2,1-7H3,(H,38,43)/t22-,23-,24-,25-,28-/m0/s1. The number of nitrogens with zero attached hydrogens (tertiary/aromatic N) is 3. The Morgan fingerprint density at radius 1 is 0.915 bits per heavy atom. The molecule has 0 aromatic heterocycles. The highest BCUT2D eigenvalue weighted by atomic mass is 19.1. The molecule has 3 heterocycles. The maximum Gasteiger partial charge on any atom is 0.254 e. The van der Waals surface area contributed by atoms with Crippen molar-refractivity contribution in [3.05, 3.63) is 69.0 Å². The van der Waals surface area contributed by atoms with Crippen molar-refractivity contribution >= 4 is 5.91 Å².